The van der Waals surface area contributed by atoms with Crippen LogP contribution in [0.15, 0.2) is 115 Å². The van der Waals surface area contributed by atoms with Crippen LogP contribution in [-0.2, 0) is 0 Å². The summed E-state index contributed by atoms with van der Waals surface area (Å²) in [7, 11) is -2.54. The summed E-state index contributed by atoms with van der Waals surface area (Å²) in [6.07, 6.45) is 1.90. The van der Waals surface area contributed by atoms with Crippen molar-refractivity contribution in [2.24, 2.45) is 0 Å². The van der Waals surface area contributed by atoms with Crippen molar-refractivity contribution in [1.82, 2.24) is 4.98 Å². The van der Waals surface area contributed by atoms with Crippen molar-refractivity contribution >= 4 is 28.8 Å². The SMILES string of the molecule is Cc1ccc([Si]2(c3ccc(C)cc3)c3ccccc3-c3cccc(-c4ccccn4)c32)cc1. The first-order valence-corrected chi connectivity index (χ1v) is 13.5. The Hall–Kier alpha value is -3.75. The van der Waals surface area contributed by atoms with Gasteiger partial charge in [0.15, 0.2) is 8.07 Å². The minimum absolute atomic E-state index is 1.04. The molecule has 0 spiro atoms. The van der Waals surface area contributed by atoms with Crippen molar-refractivity contribution in [1.29, 1.82) is 0 Å². The lowest BCUT2D eigenvalue weighted by Crippen LogP contribution is -2.73. The Morgan fingerprint density at radius 2 is 1.09 bits per heavy atom. The number of pyridine rings is 1. The minimum Gasteiger partial charge on any atom is -0.256 e. The maximum atomic E-state index is 4.79. The van der Waals surface area contributed by atoms with Crippen molar-refractivity contribution in [2.45, 2.75) is 13.8 Å². The smallest absolute Gasteiger partial charge is 0.181 e. The first-order valence-electron chi connectivity index (χ1n) is 11.5. The molecule has 0 unspecified atom stereocenters. The van der Waals surface area contributed by atoms with Gasteiger partial charge in [0, 0.05) is 11.8 Å². The molecule has 5 aromatic rings. The van der Waals surface area contributed by atoms with Crippen LogP contribution in [0.2, 0.25) is 0 Å². The summed E-state index contributed by atoms with van der Waals surface area (Å²) in [6.45, 7) is 4.33. The van der Waals surface area contributed by atoms with Crippen LogP contribution < -0.4 is 20.7 Å². The number of fused-ring (bicyclic) bond motifs is 3. The fraction of sp³-hybridized carbons (Fsp3) is 0.0645. The average molecular weight is 440 g/mol. The van der Waals surface area contributed by atoms with Gasteiger partial charge in [0.1, 0.15) is 0 Å². The molecule has 0 bridgehead atoms. The van der Waals surface area contributed by atoms with Gasteiger partial charge in [-0.3, -0.25) is 4.98 Å². The summed E-state index contributed by atoms with van der Waals surface area (Å²) in [4.78, 5) is 4.79. The van der Waals surface area contributed by atoms with Crippen molar-refractivity contribution in [3.8, 4) is 22.4 Å². The zero-order valence-electron chi connectivity index (χ0n) is 18.9. The van der Waals surface area contributed by atoms with Crippen molar-refractivity contribution in [3.63, 3.8) is 0 Å². The minimum atomic E-state index is -2.54. The van der Waals surface area contributed by atoms with Gasteiger partial charge < -0.3 is 0 Å². The molecule has 0 saturated carbocycles. The summed E-state index contributed by atoms with van der Waals surface area (Å²) in [5, 5.41) is 5.77. The van der Waals surface area contributed by atoms with E-state index in [1.165, 1.54) is 48.6 Å². The van der Waals surface area contributed by atoms with Gasteiger partial charge in [-0.1, -0.05) is 108 Å². The third kappa shape index (κ3) is 2.95. The normalized spacial score (nSPS) is 13.4. The van der Waals surface area contributed by atoms with E-state index in [1.54, 1.807) is 0 Å². The molecule has 1 aliphatic heterocycles. The van der Waals surface area contributed by atoms with Gasteiger partial charge in [-0.25, -0.2) is 0 Å². The summed E-state index contributed by atoms with van der Waals surface area (Å²) in [5.74, 6) is 0. The molecule has 1 nitrogen and oxygen atoms in total. The van der Waals surface area contributed by atoms with E-state index in [0.29, 0.717) is 0 Å². The van der Waals surface area contributed by atoms with Crippen molar-refractivity contribution in [3.05, 3.63) is 127 Å². The third-order valence-electron chi connectivity index (χ3n) is 6.97. The van der Waals surface area contributed by atoms with E-state index >= 15 is 0 Å². The van der Waals surface area contributed by atoms with Crippen LogP contribution in [-0.4, -0.2) is 13.1 Å². The fourth-order valence-electron chi connectivity index (χ4n) is 5.47. The molecule has 1 aromatic heterocycles. The summed E-state index contributed by atoms with van der Waals surface area (Å²) in [5.41, 5.74) is 7.57. The Morgan fingerprint density at radius 1 is 0.515 bits per heavy atom. The Balaban J connectivity index is 1.81. The molecular weight excluding hydrogens is 414 g/mol. The monoisotopic (exact) mass is 439 g/mol. The molecule has 2 heterocycles. The Bertz CT molecular complexity index is 1410. The average Bonchev–Trinajstić information content (AvgIpc) is 3.17. The van der Waals surface area contributed by atoms with E-state index in [9.17, 15) is 0 Å². The predicted molar refractivity (Wildman–Crippen MR) is 142 cm³/mol. The highest BCUT2D eigenvalue weighted by Gasteiger charge is 2.50. The number of rotatable bonds is 3. The highest BCUT2D eigenvalue weighted by atomic mass is 28.3. The van der Waals surface area contributed by atoms with Crippen LogP contribution in [0.1, 0.15) is 11.1 Å². The quantitative estimate of drug-likeness (QED) is 0.364. The maximum absolute atomic E-state index is 4.79. The lowest BCUT2D eigenvalue weighted by molar-refractivity contribution is 1.33. The Kier molecular flexibility index (Phi) is 4.63. The van der Waals surface area contributed by atoms with E-state index in [-0.39, 0.29) is 0 Å². The molecule has 0 saturated heterocycles. The van der Waals surface area contributed by atoms with Gasteiger partial charge in [0.2, 0.25) is 0 Å². The molecule has 0 fully saturated rings. The molecular formula is C31H25NSi. The predicted octanol–water partition coefficient (Wildman–Crippen LogP) is 4.72. The zero-order valence-corrected chi connectivity index (χ0v) is 19.9. The molecule has 33 heavy (non-hydrogen) atoms. The van der Waals surface area contributed by atoms with Gasteiger partial charge in [-0.2, -0.15) is 0 Å². The third-order valence-corrected chi connectivity index (χ3v) is 11.9. The first-order chi connectivity index (χ1) is 16.2. The first kappa shape index (κ1) is 19.9. The van der Waals surface area contributed by atoms with Gasteiger partial charge in [-0.05, 0) is 57.9 Å². The van der Waals surface area contributed by atoms with E-state index < -0.39 is 8.07 Å². The maximum Gasteiger partial charge on any atom is 0.181 e. The molecule has 0 radical (unpaired) electrons. The molecule has 1 aliphatic rings. The lowest BCUT2D eigenvalue weighted by atomic mass is 10.0. The Morgan fingerprint density at radius 3 is 1.73 bits per heavy atom. The summed E-state index contributed by atoms with van der Waals surface area (Å²) in [6, 6.07) is 40.5. The molecule has 0 amide bonds. The second-order valence-electron chi connectivity index (χ2n) is 8.97. The standard InChI is InChI=1S/C31H25NSi/c1-22-13-17-24(18-14-22)33(25-19-15-23(2)16-20-25)30-12-4-3-8-26(30)27-9-7-10-28(31(27)33)29-11-5-6-21-32-29/h3-21H,1-2H3. The number of hydrogen-bond donors (Lipinski definition) is 0. The number of nitrogens with zero attached hydrogens (tertiary/aromatic N) is 1. The molecule has 158 valence electrons. The summed E-state index contributed by atoms with van der Waals surface area (Å²) >= 11 is 0. The molecule has 0 aliphatic carbocycles. The van der Waals surface area contributed by atoms with Gasteiger partial charge in [0.25, 0.3) is 0 Å². The number of aryl methyl sites for hydroxylation is 2. The van der Waals surface area contributed by atoms with Crippen molar-refractivity contribution < 1.29 is 0 Å². The second-order valence-corrected chi connectivity index (χ2v) is 12.7. The van der Waals surface area contributed by atoms with Crippen LogP contribution in [0.5, 0.6) is 0 Å². The van der Waals surface area contributed by atoms with E-state index in [2.05, 4.69) is 117 Å². The number of benzene rings is 4. The Labute approximate surface area is 196 Å². The largest absolute Gasteiger partial charge is 0.256 e. The van der Waals surface area contributed by atoms with Crippen LogP contribution in [0, 0.1) is 13.8 Å². The fourth-order valence-corrected chi connectivity index (χ4v) is 10.8. The van der Waals surface area contributed by atoms with E-state index in [4.69, 9.17) is 4.98 Å². The van der Waals surface area contributed by atoms with E-state index in [1.807, 2.05) is 12.3 Å². The highest BCUT2D eigenvalue weighted by Crippen LogP contribution is 2.33. The summed E-state index contributed by atoms with van der Waals surface area (Å²) < 4.78 is 0. The lowest BCUT2D eigenvalue weighted by Gasteiger charge is -2.33. The second kappa shape index (κ2) is 7.68. The van der Waals surface area contributed by atoms with Crippen LogP contribution in [0.3, 0.4) is 0 Å². The van der Waals surface area contributed by atoms with Crippen LogP contribution >= 0.6 is 0 Å². The molecule has 2 heteroatoms. The topological polar surface area (TPSA) is 12.9 Å². The van der Waals surface area contributed by atoms with Crippen LogP contribution in [0.25, 0.3) is 22.4 Å². The van der Waals surface area contributed by atoms with Crippen molar-refractivity contribution in [2.75, 3.05) is 0 Å². The van der Waals surface area contributed by atoms with Gasteiger partial charge in [0.05, 0.1) is 5.69 Å². The molecule has 0 N–H and O–H groups in total. The van der Waals surface area contributed by atoms with Gasteiger partial charge in [-0.15, -0.1) is 0 Å². The molecule has 4 aromatic carbocycles. The highest BCUT2D eigenvalue weighted by molar-refractivity contribution is 7.22. The van der Waals surface area contributed by atoms with Crippen LogP contribution in [0.4, 0.5) is 0 Å². The van der Waals surface area contributed by atoms with E-state index in [0.717, 1.165) is 5.69 Å². The zero-order chi connectivity index (χ0) is 22.4. The number of aromatic nitrogens is 1. The molecule has 0 atom stereocenters. The number of hydrogen-bond acceptors (Lipinski definition) is 1. The molecule has 6 rings (SSSR count). The van der Waals surface area contributed by atoms with Gasteiger partial charge >= 0.3 is 0 Å².